The number of rotatable bonds is 9. The van der Waals surface area contributed by atoms with Crippen molar-refractivity contribution in [3.05, 3.63) is 94.2 Å². The summed E-state index contributed by atoms with van der Waals surface area (Å²) >= 11 is 1.52. The van der Waals surface area contributed by atoms with Crippen LogP contribution in [0.3, 0.4) is 0 Å². The summed E-state index contributed by atoms with van der Waals surface area (Å²) in [6.07, 6.45) is 6.79. The van der Waals surface area contributed by atoms with Crippen molar-refractivity contribution in [1.82, 2.24) is 19.3 Å². The van der Waals surface area contributed by atoms with Gasteiger partial charge in [-0.15, -0.1) is 11.3 Å². The fraction of sp³-hybridized carbons (Fsp3) is 0.296. The zero-order valence-corrected chi connectivity index (χ0v) is 22.7. The Balaban J connectivity index is 1.44. The van der Waals surface area contributed by atoms with E-state index < -0.39 is 21.9 Å². The van der Waals surface area contributed by atoms with Crippen LogP contribution in [0.2, 0.25) is 0 Å². The van der Waals surface area contributed by atoms with Crippen LogP contribution in [-0.2, 0) is 34.8 Å². The number of hydrogen-bond donors (Lipinski definition) is 1. The molecule has 0 radical (unpaired) electrons. The molecular formula is C27H28FN5O3S2. The van der Waals surface area contributed by atoms with Gasteiger partial charge in [-0.3, -0.25) is 4.79 Å². The molecule has 1 N–H and O–H groups in total. The number of halogens is 1. The van der Waals surface area contributed by atoms with E-state index in [9.17, 15) is 17.6 Å². The number of nitrogens with zero attached hydrogens (tertiary/aromatic N) is 4. The fourth-order valence-corrected chi connectivity index (χ4v) is 6.70. The van der Waals surface area contributed by atoms with E-state index in [1.165, 1.54) is 29.5 Å². The number of sulfonamides is 1. The normalized spacial score (nSPS) is 15.8. The first-order valence-electron chi connectivity index (χ1n) is 12.3. The lowest BCUT2D eigenvalue weighted by molar-refractivity contribution is -0.119. The highest BCUT2D eigenvalue weighted by molar-refractivity contribution is 7.89. The molecule has 0 saturated carbocycles. The first-order chi connectivity index (χ1) is 18.2. The molecule has 5 rings (SSSR count). The van der Waals surface area contributed by atoms with Crippen LogP contribution in [0.4, 0.5) is 10.1 Å². The van der Waals surface area contributed by atoms with E-state index in [0.29, 0.717) is 18.5 Å². The smallest absolute Gasteiger partial charge is 0.241 e. The molecule has 8 nitrogen and oxygen atoms in total. The van der Waals surface area contributed by atoms with E-state index in [1.807, 2.05) is 48.3 Å². The lowest BCUT2D eigenvalue weighted by Gasteiger charge is -2.25. The van der Waals surface area contributed by atoms with E-state index in [4.69, 9.17) is 0 Å². The van der Waals surface area contributed by atoms with E-state index in [0.717, 1.165) is 28.0 Å². The molecule has 38 heavy (non-hydrogen) atoms. The summed E-state index contributed by atoms with van der Waals surface area (Å²) in [5, 5.41) is 2.80. The number of fused-ring (bicyclic) bond motifs is 1. The van der Waals surface area contributed by atoms with Gasteiger partial charge < -0.3 is 9.47 Å². The Morgan fingerprint density at radius 2 is 2.08 bits per heavy atom. The molecule has 2 aromatic carbocycles. The molecular weight excluding hydrogens is 525 g/mol. The molecule has 0 bridgehead atoms. The van der Waals surface area contributed by atoms with Gasteiger partial charge in [0, 0.05) is 55.1 Å². The summed E-state index contributed by atoms with van der Waals surface area (Å²) in [6, 6.07) is 10.2. The van der Waals surface area contributed by atoms with Gasteiger partial charge in [0.05, 0.1) is 16.4 Å². The molecule has 0 unspecified atom stereocenters. The van der Waals surface area contributed by atoms with Crippen molar-refractivity contribution in [3.8, 4) is 0 Å². The molecule has 11 heteroatoms. The molecule has 1 aliphatic rings. The van der Waals surface area contributed by atoms with Gasteiger partial charge >= 0.3 is 0 Å². The maximum Gasteiger partial charge on any atom is 0.241 e. The highest BCUT2D eigenvalue weighted by Gasteiger charge is 2.30. The SMILES string of the molecule is C[C@H](CC(=O)N(Cc1nccn1C)c1ccc2c(c1)[C@H](NS(=O)(=O)c1cccc(F)c1)CC2)c1nccs1. The van der Waals surface area contributed by atoms with Crippen LogP contribution >= 0.6 is 11.3 Å². The minimum Gasteiger partial charge on any atom is -0.337 e. The van der Waals surface area contributed by atoms with Crippen molar-refractivity contribution in [3.63, 3.8) is 0 Å². The van der Waals surface area contributed by atoms with Crippen molar-refractivity contribution >= 4 is 33.0 Å². The zero-order valence-electron chi connectivity index (χ0n) is 21.0. The third kappa shape index (κ3) is 5.54. The minimum absolute atomic E-state index is 0.0494. The third-order valence-electron chi connectivity index (χ3n) is 6.80. The van der Waals surface area contributed by atoms with Crippen LogP contribution < -0.4 is 9.62 Å². The Kier molecular flexibility index (Phi) is 7.42. The minimum atomic E-state index is -3.94. The maximum atomic E-state index is 13.7. The number of hydrogen-bond acceptors (Lipinski definition) is 6. The second kappa shape index (κ2) is 10.8. The molecule has 4 aromatic rings. The van der Waals surface area contributed by atoms with Crippen molar-refractivity contribution in [2.24, 2.45) is 7.05 Å². The average molecular weight is 554 g/mol. The number of carbonyl (C=O) groups is 1. The summed E-state index contributed by atoms with van der Waals surface area (Å²) in [6.45, 7) is 2.25. The fourth-order valence-electron chi connectivity index (χ4n) is 4.72. The molecule has 0 fully saturated rings. The topological polar surface area (TPSA) is 97.2 Å². The number of anilines is 1. The monoisotopic (exact) mass is 553 g/mol. The van der Waals surface area contributed by atoms with E-state index in [2.05, 4.69) is 14.7 Å². The van der Waals surface area contributed by atoms with Crippen LogP contribution in [0, 0.1) is 5.82 Å². The number of benzene rings is 2. The molecule has 2 atom stereocenters. The number of nitrogens with one attached hydrogen (secondary N) is 1. The maximum absolute atomic E-state index is 13.7. The largest absolute Gasteiger partial charge is 0.337 e. The summed E-state index contributed by atoms with van der Waals surface area (Å²) in [5.41, 5.74) is 2.49. The van der Waals surface area contributed by atoms with E-state index in [-0.39, 0.29) is 29.7 Å². The highest BCUT2D eigenvalue weighted by atomic mass is 32.2. The molecule has 2 aromatic heterocycles. The van der Waals surface area contributed by atoms with Gasteiger partial charge in [0.2, 0.25) is 15.9 Å². The number of amides is 1. The first kappa shape index (κ1) is 26.2. The van der Waals surface area contributed by atoms with Crippen molar-refractivity contribution < 1.29 is 17.6 Å². The Morgan fingerprint density at radius 3 is 2.79 bits per heavy atom. The van der Waals surface area contributed by atoms with Crippen molar-refractivity contribution in [2.45, 2.75) is 49.6 Å². The lowest BCUT2D eigenvalue weighted by Crippen LogP contribution is -2.32. The standard InChI is InChI=1S/C27H28FN5O3S2/c1-18(27-30-11-13-37-27)14-26(34)33(17-25-29-10-12-32(25)2)21-8-6-19-7-9-24(23(19)16-21)31-38(35,36)22-5-3-4-20(28)15-22/h3-6,8,10-13,15-16,18,24,31H,7,9,14,17H2,1-2H3/t18-,24-/m1/s1. The van der Waals surface area contributed by atoms with Crippen LogP contribution in [0.15, 0.2) is 71.3 Å². The number of imidazole rings is 1. The summed E-state index contributed by atoms with van der Waals surface area (Å²) < 4.78 is 44.3. The summed E-state index contributed by atoms with van der Waals surface area (Å²) in [4.78, 5) is 24.0. The lowest BCUT2D eigenvalue weighted by atomic mass is 10.0. The van der Waals surface area contributed by atoms with Gasteiger partial charge in [-0.25, -0.2) is 27.5 Å². The number of aryl methyl sites for hydroxylation is 2. The Labute approximate surface area is 225 Å². The number of thiazole rings is 1. The second-order valence-electron chi connectivity index (χ2n) is 9.46. The molecule has 1 aliphatic carbocycles. The zero-order chi connectivity index (χ0) is 26.9. The van der Waals surface area contributed by atoms with Crippen LogP contribution in [0.1, 0.15) is 53.7 Å². The molecule has 1 amide bonds. The Hall–Kier alpha value is -3.41. The summed E-state index contributed by atoms with van der Waals surface area (Å²) in [7, 11) is -2.06. The number of carbonyl (C=O) groups excluding carboxylic acids is 1. The van der Waals surface area contributed by atoms with E-state index >= 15 is 0 Å². The molecule has 0 saturated heterocycles. The Morgan fingerprint density at radius 1 is 1.24 bits per heavy atom. The third-order valence-corrected chi connectivity index (χ3v) is 9.27. The predicted molar refractivity (Wildman–Crippen MR) is 144 cm³/mol. The van der Waals surface area contributed by atoms with Crippen LogP contribution in [0.5, 0.6) is 0 Å². The molecule has 2 heterocycles. The van der Waals surface area contributed by atoms with Crippen molar-refractivity contribution in [2.75, 3.05) is 4.90 Å². The average Bonchev–Trinajstić information content (AvgIpc) is 3.64. The second-order valence-corrected chi connectivity index (χ2v) is 12.1. The van der Waals surface area contributed by atoms with Gasteiger partial charge in [-0.05, 0) is 54.3 Å². The van der Waals surface area contributed by atoms with Gasteiger partial charge in [-0.2, -0.15) is 0 Å². The van der Waals surface area contributed by atoms with Crippen molar-refractivity contribution in [1.29, 1.82) is 0 Å². The summed E-state index contributed by atoms with van der Waals surface area (Å²) in [5.74, 6) is -0.0151. The van der Waals surface area contributed by atoms with Crippen LogP contribution in [-0.4, -0.2) is 28.9 Å². The number of aromatic nitrogens is 3. The Bertz CT molecular complexity index is 1550. The van der Waals surface area contributed by atoms with Gasteiger partial charge in [0.15, 0.2) is 0 Å². The highest BCUT2D eigenvalue weighted by Crippen LogP contribution is 2.36. The molecule has 0 aliphatic heterocycles. The van der Waals surface area contributed by atoms with Gasteiger partial charge in [-0.1, -0.05) is 19.1 Å². The van der Waals surface area contributed by atoms with Gasteiger partial charge in [0.25, 0.3) is 0 Å². The first-order valence-corrected chi connectivity index (χ1v) is 14.6. The molecule has 198 valence electrons. The predicted octanol–water partition coefficient (Wildman–Crippen LogP) is 4.71. The van der Waals surface area contributed by atoms with Gasteiger partial charge in [0.1, 0.15) is 11.6 Å². The molecule has 0 spiro atoms. The van der Waals surface area contributed by atoms with Crippen LogP contribution in [0.25, 0.3) is 0 Å². The quantitative estimate of drug-likeness (QED) is 0.324. The van der Waals surface area contributed by atoms with E-state index in [1.54, 1.807) is 17.3 Å².